The number of nitrogen functional groups attached to an aromatic ring is 1. The number of nitrogens with two attached hydrogens (primary N) is 1. The molecule has 0 spiro atoms. The summed E-state index contributed by atoms with van der Waals surface area (Å²) in [6.45, 7) is 1.15. The second-order valence-corrected chi connectivity index (χ2v) is 4.60. The maximum absolute atomic E-state index is 11.8. The zero-order valence-electron chi connectivity index (χ0n) is 10.9. The molecule has 1 aromatic rings. The van der Waals surface area contributed by atoms with E-state index in [0.717, 1.165) is 4.57 Å². The third-order valence-corrected chi connectivity index (χ3v) is 3.28. The van der Waals surface area contributed by atoms with E-state index < -0.39 is 36.3 Å². The molecule has 1 fully saturated rings. The lowest BCUT2D eigenvalue weighted by atomic mass is 9.95. The van der Waals surface area contributed by atoms with E-state index in [4.69, 9.17) is 10.5 Å². The highest BCUT2D eigenvalue weighted by Gasteiger charge is 2.53. The van der Waals surface area contributed by atoms with Gasteiger partial charge in [-0.25, -0.2) is 4.79 Å². The first kappa shape index (κ1) is 14.7. The third-order valence-electron chi connectivity index (χ3n) is 3.28. The van der Waals surface area contributed by atoms with E-state index in [2.05, 4.69) is 4.98 Å². The van der Waals surface area contributed by atoms with E-state index in [9.17, 15) is 20.1 Å². The van der Waals surface area contributed by atoms with Gasteiger partial charge in [0.15, 0.2) is 6.23 Å². The topological polar surface area (TPSA) is 131 Å². The van der Waals surface area contributed by atoms with Crippen LogP contribution in [0.2, 0.25) is 0 Å². The lowest BCUT2D eigenvalue weighted by Crippen LogP contribution is -2.44. The van der Waals surface area contributed by atoms with Crippen molar-refractivity contribution in [2.24, 2.45) is 0 Å². The Balaban J connectivity index is 2.42. The van der Waals surface area contributed by atoms with Crippen LogP contribution in [0.3, 0.4) is 0 Å². The van der Waals surface area contributed by atoms with Gasteiger partial charge < -0.3 is 25.8 Å². The van der Waals surface area contributed by atoms with Gasteiger partial charge in [-0.15, -0.1) is 0 Å². The second-order valence-electron chi connectivity index (χ2n) is 4.60. The molecule has 0 aliphatic carbocycles. The molecule has 2 heterocycles. The number of hydrogen-bond donors (Lipinski definition) is 4. The average Bonchev–Trinajstić information content (AvgIpc) is 2.65. The molecule has 0 unspecified atom stereocenters. The Morgan fingerprint density at radius 1 is 1.60 bits per heavy atom. The highest BCUT2D eigenvalue weighted by atomic mass is 16.6. The van der Waals surface area contributed by atoms with Crippen LogP contribution in [0.15, 0.2) is 29.2 Å². The highest BCUT2D eigenvalue weighted by Crippen LogP contribution is 2.37. The van der Waals surface area contributed by atoms with Gasteiger partial charge in [0.25, 0.3) is 0 Å². The molecule has 20 heavy (non-hydrogen) atoms. The van der Waals surface area contributed by atoms with Crippen LogP contribution in [0.1, 0.15) is 13.2 Å². The smallest absolute Gasteiger partial charge is 0.351 e. The quantitative estimate of drug-likeness (QED) is 0.490. The fourth-order valence-electron chi connectivity index (χ4n) is 2.25. The first-order valence-electron chi connectivity index (χ1n) is 6.08. The van der Waals surface area contributed by atoms with Crippen LogP contribution in [0.5, 0.6) is 0 Å². The fourth-order valence-corrected chi connectivity index (χ4v) is 2.25. The van der Waals surface area contributed by atoms with Gasteiger partial charge in [-0.3, -0.25) is 4.57 Å². The minimum Gasteiger partial charge on any atom is -0.393 e. The van der Waals surface area contributed by atoms with Gasteiger partial charge in [0, 0.05) is 6.20 Å². The summed E-state index contributed by atoms with van der Waals surface area (Å²) in [7, 11) is 0. The van der Waals surface area contributed by atoms with Gasteiger partial charge in [0.1, 0.15) is 23.6 Å². The van der Waals surface area contributed by atoms with E-state index in [-0.39, 0.29) is 5.82 Å². The summed E-state index contributed by atoms with van der Waals surface area (Å²) in [6.07, 6.45) is 0.414. The molecule has 0 bridgehead atoms. The minimum absolute atomic E-state index is 0.0427. The Kier molecular flexibility index (Phi) is 3.91. The van der Waals surface area contributed by atoms with Crippen LogP contribution < -0.4 is 11.4 Å². The Labute approximate surface area is 114 Å². The molecule has 0 amide bonds. The first-order valence-corrected chi connectivity index (χ1v) is 6.08. The van der Waals surface area contributed by atoms with Crippen molar-refractivity contribution in [1.82, 2.24) is 9.55 Å². The summed E-state index contributed by atoms with van der Waals surface area (Å²) in [6, 6.07) is 1.37. The van der Waals surface area contributed by atoms with Crippen molar-refractivity contribution in [3.8, 4) is 0 Å². The molecule has 8 nitrogen and oxygen atoms in total. The van der Waals surface area contributed by atoms with E-state index in [1.54, 1.807) is 13.0 Å². The summed E-state index contributed by atoms with van der Waals surface area (Å²) in [5.41, 5.74) is 3.22. The Hall–Kier alpha value is -1.74. The summed E-state index contributed by atoms with van der Waals surface area (Å²) >= 11 is 0. The summed E-state index contributed by atoms with van der Waals surface area (Å²) in [4.78, 5) is 15.3. The molecule has 2 rings (SSSR count). The first-order chi connectivity index (χ1) is 9.45. The number of nitrogens with zero attached hydrogens (tertiary/aromatic N) is 2. The second kappa shape index (κ2) is 5.33. The Bertz CT molecular complexity index is 572. The van der Waals surface area contributed by atoms with Gasteiger partial charge in [-0.05, 0) is 13.0 Å². The maximum Gasteiger partial charge on any atom is 0.351 e. The van der Waals surface area contributed by atoms with Gasteiger partial charge in [0.05, 0.1) is 6.61 Å². The van der Waals surface area contributed by atoms with Gasteiger partial charge in [0.2, 0.25) is 0 Å². The fraction of sp³-hybridized carbons (Fsp3) is 0.500. The van der Waals surface area contributed by atoms with Crippen molar-refractivity contribution in [3.05, 3.63) is 34.9 Å². The van der Waals surface area contributed by atoms with Crippen LogP contribution in [0.25, 0.3) is 0 Å². The molecule has 0 aromatic carbocycles. The maximum atomic E-state index is 11.8. The van der Waals surface area contributed by atoms with Crippen LogP contribution in [-0.4, -0.2) is 49.3 Å². The molecule has 4 atom stereocenters. The molecule has 8 heteroatoms. The molecule has 1 saturated heterocycles. The zero-order valence-corrected chi connectivity index (χ0v) is 10.9. The third kappa shape index (κ3) is 2.22. The normalized spacial score (nSPS) is 33.9. The largest absolute Gasteiger partial charge is 0.393 e. The summed E-state index contributed by atoms with van der Waals surface area (Å²) in [5.74, 6) is 0.0427. The van der Waals surface area contributed by atoms with Crippen molar-refractivity contribution in [2.75, 3.05) is 12.3 Å². The van der Waals surface area contributed by atoms with Crippen LogP contribution in [0.4, 0.5) is 5.82 Å². The number of aromatic nitrogens is 2. The number of anilines is 1. The summed E-state index contributed by atoms with van der Waals surface area (Å²) in [5, 5.41) is 29.6. The van der Waals surface area contributed by atoms with E-state index in [0.29, 0.717) is 0 Å². The van der Waals surface area contributed by atoms with Crippen molar-refractivity contribution < 1.29 is 20.1 Å². The molecule has 5 N–H and O–H groups in total. The molecule has 1 aliphatic rings. The standard InChI is InChI=1S/C12H17N3O5/c1-2-4-12(6-16)9(18)8(17)10(20-12)15-5-3-7(13)14-11(15)19/h2-5,8-10,16-18H,6H2,1H3,(H2,13,14,19)/b4-2+/t8-,9+,10-,12-/m1/s1. The van der Waals surface area contributed by atoms with Gasteiger partial charge in [-0.2, -0.15) is 4.98 Å². The number of ether oxygens (including phenoxy) is 1. The zero-order chi connectivity index (χ0) is 14.9. The van der Waals surface area contributed by atoms with Gasteiger partial charge >= 0.3 is 5.69 Å². The van der Waals surface area contributed by atoms with Crippen LogP contribution >= 0.6 is 0 Å². The number of aliphatic hydroxyl groups is 3. The van der Waals surface area contributed by atoms with Crippen molar-refractivity contribution in [3.63, 3.8) is 0 Å². The molecule has 110 valence electrons. The number of allylic oxidation sites excluding steroid dienone is 1. The predicted molar refractivity (Wildman–Crippen MR) is 69.7 cm³/mol. The Morgan fingerprint density at radius 2 is 2.30 bits per heavy atom. The lowest BCUT2D eigenvalue weighted by molar-refractivity contribution is -0.0995. The summed E-state index contributed by atoms with van der Waals surface area (Å²) < 4.78 is 6.53. The SMILES string of the molecule is C/C=C/[C@]1(CO)O[C@@H](n2ccc(N)nc2=O)[C@H](O)[C@@H]1O. The Morgan fingerprint density at radius 3 is 2.85 bits per heavy atom. The number of aliphatic hydroxyl groups excluding tert-OH is 3. The molecular weight excluding hydrogens is 266 g/mol. The minimum atomic E-state index is -1.46. The monoisotopic (exact) mass is 283 g/mol. The molecule has 1 aliphatic heterocycles. The van der Waals surface area contributed by atoms with Crippen molar-refractivity contribution >= 4 is 5.82 Å². The average molecular weight is 283 g/mol. The van der Waals surface area contributed by atoms with Crippen LogP contribution in [0, 0.1) is 0 Å². The van der Waals surface area contributed by atoms with E-state index in [1.807, 2.05) is 0 Å². The van der Waals surface area contributed by atoms with Crippen LogP contribution in [-0.2, 0) is 4.74 Å². The number of hydrogen-bond acceptors (Lipinski definition) is 7. The molecule has 0 radical (unpaired) electrons. The predicted octanol–water partition coefficient (Wildman–Crippen LogP) is -1.62. The number of rotatable bonds is 3. The molecule has 1 aromatic heterocycles. The van der Waals surface area contributed by atoms with Crippen molar-refractivity contribution in [1.29, 1.82) is 0 Å². The highest BCUT2D eigenvalue weighted by molar-refractivity contribution is 5.24. The van der Waals surface area contributed by atoms with Gasteiger partial charge in [-0.1, -0.05) is 12.2 Å². The van der Waals surface area contributed by atoms with E-state index >= 15 is 0 Å². The molecule has 0 saturated carbocycles. The molecular formula is C12H17N3O5. The lowest BCUT2D eigenvalue weighted by Gasteiger charge is -2.26. The van der Waals surface area contributed by atoms with E-state index in [1.165, 1.54) is 18.3 Å². The van der Waals surface area contributed by atoms with Crippen molar-refractivity contribution in [2.45, 2.75) is 31.0 Å².